The van der Waals surface area contributed by atoms with Crippen molar-refractivity contribution in [1.29, 1.82) is 0 Å². The number of hydrogen-bond acceptors (Lipinski definition) is 3. The molecule has 1 aliphatic rings. The first-order valence-electron chi connectivity index (χ1n) is 7.05. The Morgan fingerprint density at radius 3 is 2.80 bits per heavy atom. The van der Waals surface area contributed by atoms with Crippen molar-refractivity contribution in [3.05, 3.63) is 24.0 Å². The number of carbonyl (C=O) groups excluding carboxylic acids is 1. The maximum atomic E-state index is 14.1. The molecule has 110 valence electrons. The van der Waals surface area contributed by atoms with E-state index in [0.29, 0.717) is 11.4 Å². The summed E-state index contributed by atoms with van der Waals surface area (Å²) in [6.45, 7) is 4.87. The number of halogens is 1. The van der Waals surface area contributed by atoms with Crippen LogP contribution in [0.25, 0.3) is 0 Å². The van der Waals surface area contributed by atoms with E-state index >= 15 is 0 Å². The summed E-state index contributed by atoms with van der Waals surface area (Å²) >= 11 is 0. The molecule has 1 unspecified atom stereocenters. The van der Waals surface area contributed by atoms with Gasteiger partial charge in [-0.2, -0.15) is 0 Å². The molecule has 5 heteroatoms. The zero-order valence-corrected chi connectivity index (χ0v) is 12.2. The minimum atomic E-state index is -0.321. The van der Waals surface area contributed by atoms with Crippen molar-refractivity contribution < 1.29 is 9.18 Å². The quantitative estimate of drug-likeness (QED) is 0.889. The Morgan fingerprint density at radius 1 is 1.50 bits per heavy atom. The third-order valence-corrected chi connectivity index (χ3v) is 3.75. The fraction of sp³-hybridized carbons (Fsp3) is 0.533. The number of nitrogens with one attached hydrogen (secondary N) is 2. The number of carbonyl (C=O) groups is 1. The molecule has 1 atom stereocenters. The molecule has 1 fully saturated rings. The van der Waals surface area contributed by atoms with Crippen LogP contribution in [0.5, 0.6) is 0 Å². The first-order valence-corrected chi connectivity index (χ1v) is 7.05. The summed E-state index contributed by atoms with van der Waals surface area (Å²) in [5, 5.41) is 5.88. The van der Waals surface area contributed by atoms with Crippen LogP contribution in [-0.4, -0.2) is 31.6 Å². The van der Waals surface area contributed by atoms with Crippen molar-refractivity contribution in [2.24, 2.45) is 0 Å². The summed E-state index contributed by atoms with van der Waals surface area (Å²) in [6, 6.07) is 4.88. The predicted molar refractivity (Wildman–Crippen MR) is 79.6 cm³/mol. The van der Waals surface area contributed by atoms with Gasteiger partial charge < -0.3 is 15.5 Å². The van der Waals surface area contributed by atoms with Gasteiger partial charge in [0.15, 0.2) is 0 Å². The summed E-state index contributed by atoms with van der Waals surface area (Å²) in [5.41, 5.74) is 1.04. The average molecular weight is 279 g/mol. The van der Waals surface area contributed by atoms with Crippen molar-refractivity contribution in [2.45, 2.75) is 38.8 Å². The van der Waals surface area contributed by atoms with E-state index in [2.05, 4.69) is 10.6 Å². The summed E-state index contributed by atoms with van der Waals surface area (Å²) in [7, 11) is 1.85. The summed E-state index contributed by atoms with van der Waals surface area (Å²) in [4.78, 5) is 13.8. The van der Waals surface area contributed by atoms with Crippen LogP contribution in [0.3, 0.4) is 0 Å². The van der Waals surface area contributed by atoms with Crippen molar-refractivity contribution in [3.63, 3.8) is 0 Å². The van der Waals surface area contributed by atoms with Gasteiger partial charge in [-0.15, -0.1) is 0 Å². The third kappa shape index (κ3) is 3.28. The van der Waals surface area contributed by atoms with E-state index in [-0.39, 0.29) is 23.8 Å². The fourth-order valence-corrected chi connectivity index (χ4v) is 2.29. The van der Waals surface area contributed by atoms with E-state index in [9.17, 15) is 9.18 Å². The highest BCUT2D eigenvalue weighted by Crippen LogP contribution is 2.23. The molecule has 1 aromatic carbocycles. The highest BCUT2D eigenvalue weighted by molar-refractivity contribution is 5.95. The van der Waals surface area contributed by atoms with Gasteiger partial charge in [-0.1, -0.05) is 0 Å². The molecule has 0 aromatic heterocycles. The van der Waals surface area contributed by atoms with Gasteiger partial charge in [-0.3, -0.25) is 4.79 Å². The van der Waals surface area contributed by atoms with Crippen LogP contribution in [0, 0.1) is 5.82 Å². The van der Waals surface area contributed by atoms with Gasteiger partial charge >= 0.3 is 0 Å². The molecule has 20 heavy (non-hydrogen) atoms. The Labute approximate surface area is 119 Å². The molecule has 1 saturated heterocycles. The van der Waals surface area contributed by atoms with Gasteiger partial charge in [-0.25, -0.2) is 4.39 Å². The highest BCUT2D eigenvalue weighted by Gasteiger charge is 2.22. The normalized spacial score (nSPS) is 18.4. The van der Waals surface area contributed by atoms with Gasteiger partial charge in [0, 0.05) is 18.8 Å². The number of amides is 1. The van der Waals surface area contributed by atoms with Crippen molar-refractivity contribution in [1.82, 2.24) is 5.32 Å². The molecular weight excluding hydrogens is 257 g/mol. The maximum Gasteiger partial charge on any atom is 0.241 e. The second-order valence-corrected chi connectivity index (χ2v) is 5.51. The Balaban J connectivity index is 2.07. The van der Waals surface area contributed by atoms with Crippen LogP contribution in [0.15, 0.2) is 18.2 Å². The van der Waals surface area contributed by atoms with Crippen molar-refractivity contribution in [3.8, 4) is 0 Å². The zero-order valence-electron chi connectivity index (χ0n) is 12.2. The number of nitrogens with zero attached hydrogens (tertiary/aromatic N) is 1. The lowest BCUT2D eigenvalue weighted by Gasteiger charge is -2.24. The number of hydrogen-bond donors (Lipinski definition) is 2. The lowest BCUT2D eigenvalue weighted by Crippen LogP contribution is -2.35. The molecule has 1 amide bonds. The molecule has 4 nitrogen and oxygen atoms in total. The first-order chi connectivity index (χ1) is 9.49. The molecule has 2 N–H and O–H groups in total. The third-order valence-electron chi connectivity index (χ3n) is 3.75. The summed E-state index contributed by atoms with van der Waals surface area (Å²) in [5.74, 6) is -0.412. The first kappa shape index (κ1) is 14.8. The Bertz CT molecular complexity index is 484. The Kier molecular flexibility index (Phi) is 4.60. The Hall–Kier alpha value is -1.62. The van der Waals surface area contributed by atoms with E-state index < -0.39 is 0 Å². The van der Waals surface area contributed by atoms with Crippen molar-refractivity contribution in [2.75, 3.05) is 23.8 Å². The minimum Gasteiger partial charge on any atom is -0.370 e. The van der Waals surface area contributed by atoms with Gasteiger partial charge in [0.1, 0.15) is 5.82 Å². The molecule has 1 heterocycles. The fourth-order valence-electron chi connectivity index (χ4n) is 2.29. The average Bonchev–Trinajstić information content (AvgIpc) is 2.92. The topological polar surface area (TPSA) is 44.4 Å². The molecule has 0 saturated carbocycles. The van der Waals surface area contributed by atoms with Gasteiger partial charge in [0.05, 0.1) is 11.7 Å². The van der Waals surface area contributed by atoms with Gasteiger partial charge in [0.25, 0.3) is 0 Å². The van der Waals surface area contributed by atoms with Gasteiger partial charge in [0.2, 0.25) is 5.91 Å². The van der Waals surface area contributed by atoms with Gasteiger partial charge in [-0.05, 0) is 51.4 Å². The highest BCUT2D eigenvalue weighted by atomic mass is 19.1. The predicted octanol–water partition coefficient (Wildman–Crippen LogP) is 2.36. The second-order valence-electron chi connectivity index (χ2n) is 5.51. The molecule has 0 radical (unpaired) electrons. The molecule has 0 aliphatic carbocycles. The standard InChI is InChI=1S/C15H22FN3O/c1-10(2)19(3)14-7-6-11(9-12(14)16)18-15(20)13-5-4-8-17-13/h6-7,9-10,13,17H,4-5,8H2,1-3H3,(H,18,20). The van der Waals surface area contributed by atoms with E-state index in [1.807, 2.05) is 25.8 Å². The summed E-state index contributed by atoms with van der Waals surface area (Å²) < 4.78 is 14.1. The lowest BCUT2D eigenvalue weighted by atomic mass is 10.2. The molecule has 2 rings (SSSR count). The Morgan fingerprint density at radius 2 is 2.25 bits per heavy atom. The van der Waals surface area contributed by atoms with Crippen LogP contribution >= 0.6 is 0 Å². The second kappa shape index (κ2) is 6.22. The van der Waals surface area contributed by atoms with Crippen LogP contribution in [0.4, 0.5) is 15.8 Å². The largest absolute Gasteiger partial charge is 0.370 e. The molecular formula is C15H22FN3O. The van der Waals surface area contributed by atoms with E-state index in [4.69, 9.17) is 0 Å². The van der Waals surface area contributed by atoms with Crippen LogP contribution < -0.4 is 15.5 Å². The van der Waals surface area contributed by atoms with Crippen LogP contribution in [0.1, 0.15) is 26.7 Å². The maximum absolute atomic E-state index is 14.1. The zero-order chi connectivity index (χ0) is 14.7. The SMILES string of the molecule is CC(C)N(C)c1ccc(NC(=O)C2CCCN2)cc1F. The number of benzene rings is 1. The molecule has 0 bridgehead atoms. The van der Waals surface area contributed by atoms with Crippen LogP contribution in [0.2, 0.25) is 0 Å². The van der Waals surface area contributed by atoms with Crippen LogP contribution in [-0.2, 0) is 4.79 Å². The molecule has 1 aliphatic heterocycles. The minimum absolute atomic E-state index is 0.0909. The lowest BCUT2D eigenvalue weighted by molar-refractivity contribution is -0.117. The van der Waals surface area contributed by atoms with Crippen molar-refractivity contribution >= 4 is 17.3 Å². The van der Waals surface area contributed by atoms with E-state index in [0.717, 1.165) is 19.4 Å². The molecule has 0 spiro atoms. The monoisotopic (exact) mass is 279 g/mol. The number of anilines is 2. The summed E-state index contributed by atoms with van der Waals surface area (Å²) in [6.07, 6.45) is 1.84. The smallest absolute Gasteiger partial charge is 0.241 e. The molecule has 1 aromatic rings. The van der Waals surface area contributed by atoms with E-state index in [1.165, 1.54) is 6.07 Å². The van der Waals surface area contributed by atoms with E-state index in [1.54, 1.807) is 12.1 Å². The number of rotatable bonds is 4.